The first-order chi connectivity index (χ1) is 11.1. The normalized spacial score (nSPS) is 12.7. The van der Waals surface area contributed by atoms with Gasteiger partial charge in [-0.15, -0.1) is 0 Å². The molecule has 0 spiro atoms. The highest BCUT2D eigenvalue weighted by atomic mass is 35.5. The van der Waals surface area contributed by atoms with Gasteiger partial charge >= 0.3 is 5.97 Å². The van der Waals surface area contributed by atoms with Crippen LogP contribution < -0.4 is 14.8 Å². The van der Waals surface area contributed by atoms with Crippen molar-refractivity contribution < 1.29 is 24.2 Å². The fourth-order valence-electron chi connectivity index (χ4n) is 2.31. The predicted molar refractivity (Wildman–Crippen MR) is 85.3 cm³/mol. The summed E-state index contributed by atoms with van der Waals surface area (Å²) < 4.78 is 11.0. The molecule has 1 amide bonds. The van der Waals surface area contributed by atoms with Crippen LogP contribution in [-0.2, 0) is 16.0 Å². The first-order valence-electron chi connectivity index (χ1n) is 7.63. The van der Waals surface area contributed by atoms with Gasteiger partial charge in [0.25, 0.3) is 0 Å². The fraction of sp³-hybridized carbons (Fsp3) is 0.500. The molecule has 1 aromatic rings. The van der Waals surface area contributed by atoms with Gasteiger partial charge in [-0.25, -0.2) is 0 Å². The second-order valence-electron chi connectivity index (χ2n) is 5.30. The summed E-state index contributed by atoms with van der Waals surface area (Å²) in [4.78, 5) is 22.0. The molecule has 6 nitrogen and oxygen atoms in total. The van der Waals surface area contributed by atoms with Crippen molar-refractivity contribution in [1.29, 1.82) is 0 Å². The number of ether oxygens (including phenoxy) is 2. The standard InChI is InChI=1S/C16H20ClNO5/c17-12-9-11(10-13-16(12)23-8-7-22-13)5-6-18-14(19)3-1-2-4-15(20)21/h9-10H,1-8H2,(H,18,19)(H,20,21). The zero-order valence-corrected chi connectivity index (χ0v) is 13.5. The van der Waals surface area contributed by atoms with Crippen molar-refractivity contribution in [2.24, 2.45) is 0 Å². The van der Waals surface area contributed by atoms with Crippen molar-refractivity contribution in [2.45, 2.75) is 32.1 Å². The molecule has 23 heavy (non-hydrogen) atoms. The summed E-state index contributed by atoms with van der Waals surface area (Å²) in [6.45, 7) is 1.48. The van der Waals surface area contributed by atoms with Crippen LogP contribution in [0.3, 0.4) is 0 Å². The summed E-state index contributed by atoms with van der Waals surface area (Å²) in [5.74, 6) is 0.308. The van der Waals surface area contributed by atoms with Crippen LogP contribution in [0.15, 0.2) is 12.1 Å². The van der Waals surface area contributed by atoms with Gasteiger partial charge < -0.3 is 19.9 Å². The van der Waals surface area contributed by atoms with E-state index in [1.807, 2.05) is 12.1 Å². The van der Waals surface area contributed by atoms with E-state index in [4.69, 9.17) is 26.2 Å². The Morgan fingerprint density at radius 3 is 2.70 bits per heavy atom. The molecule has 0 saturated carbocycles. The lowest BCUT2D eigenvalue weighted by molar-refractivity contribution is -0.137. The van der Waals surface area contributed by atoms with Gasteiger partial charge in [0.15, 0.2) is 11.5 Å². The average Bonchev–Trinajstić information content (AvgIpc) is 2.51. The van der Waals surface area contributed by atoms with E-state index < -0.39 is 5.97 Å². The largest absolute Gasteiger partial charge is 0.486 e. The molecule has 0 unspecified atom stereocenters. The minimum Gasteiger partial charge on any atom is -0.486 e. The first kappa shape index (κ1) is 17.4. The number of carbonyl (C=O) groups excluding carboxylic acids is 1. The summed E-state index contributed by atoms with van der Waals surface area (Å²) in [5, 5.41) is 11.9. The number of halogens is 1. The fourth-order valence-corrected chi connectivity index (χ4v) is 2.59. The van der Waals surface area contributed by atoms with Crippen molar-refractivity contribution in [1.82, 2.24) is 5.32 Å². The Hall–Kier alpha value is -1.95. The number of fused-ring (bicyclic) bond motifs is 1. The topological polar surface area (TPSA) is 84.9 Å². The molecule has 0 fully saturated rings. The highest BCUT2D eigenvalue weighted by Gasteiger charge is 2.16. The Bertz CT molecular complexity index is 576. The number of aliphatic carboxylic acids is 1. The van der Waals surface area contributed by atoms with E-state index >= 15 is 0 Å². The summed E-state index contributed by atoms with van der Waals surface area (Å²) in [6.07, 6.45) is 2.17. The van der Waals surface area contributed by atoms with Crippen LogP contribution >= 0.6 is 11.6 Å². The van der Waals surface area contributed by atoms with Crippen molar-refractivity contribution in [3.8, 4) is 11.5 Å². The third-order valence-corrected chi connectivity index (χ3v) is 3.72. The van der Waals surface area contributed by atoms with Gasteiger partial charge in [0.2, 0.25) is 5.91 Å². The number of carboxylic acid groups (broad SMARTS) is 1. The molecule has 0 atom stereocenters. The number of hydrogen-bond acceptors (Lipinski definition) is 4. The van der Waals surface area contributed by atoms with E-state index in [0.717, 1.165) is 5.56 Å². The maximum atomic E-state index is 11.6. The lowest BCUT2D eigenvalue weighted by Crippen LogP contribution is -2.25. The Morgan fingerprint density at radius 2 is 1.91 bits per heavy atom. The third-order valence-electron chi connectivity index (χ3n) is 3.44. The second-order valence-corrected chi connectivity index (χ2v) is 5.71. The third kappa shape index (κ3) is 5.63. The molecule has 0 aromatic heterocycles. The number of amides is 1. The monoisotopic (exact) mass is 341 g/mol. The van der Waals surface area contributed by atoms with E-state index in [-0.39, 0.29) is 12.3 Å². The molecular weight excluding hydrogens is 322 g/mol. The highest BCUT2D eigenvalue weighted by Crippen LogP contribution is 2.38. The van der Waals surface area contributed by atoms with Crippen LogP contribution in [0.1, 0.15) is 31.2 Å². The van der Waals surface area contributed by atoms with Crippen LogP contribution in [-0.4, -0.2) is 36.7 Å². The van der Waals surface area contributed by atoms with E-state index in [9.17, 15) is 9.59 Å². The van der Waals surface area contributed by atoms with E-state index in [0.29, 0.717) is 62.0 Å². The molecule has 2 N–H and O–H groups in total. The van der Waals surface area contributed by atoms with Crippen LogP contribution in [0.4, 0.5) is 0 Å². The maximum Gasteiger partial charge on any atom is 0.303 e. The summed E-state index contributed by atoms with van der Waals surface area (Å²) in [7, 11) is 0. The van der Waals surface area contributed by atoms with E-state index in [1.165, 1.54) is 0 Å². The van der Waals surface area contributed by atoms with Crippen molar-refractivity contribution in [2.75, 3.05) is 19.8 Å². The van der Waals surface area contributed by atoms with Gasteiger partial charge in [0.05, 0.1) is 5.02 Å². The summed E-state index contributed by atoms with van der Waals surface area (Å²) in [6, 6.07) is 3.69. The minimum atomic E-state index is -0.833. The first-order valence-corrected chi connectivity index (χ1v) is 8.00. The molecule has 0 saturated heterocycles. The molecule has 126 valence electrons. The van der Waals surface area contributed by atoms with Crippen LogP contribution in [0.25, 0.3) is 0 Å². The highest BCUT2D eigenvalue weighted by molar-refractivity contribution is 6.32. The molecule has 1 aliphatic rings. The summed E-state index contributed by atoms with van der Waals surface area (Å²) in [5.41, 5.74) is 0.963. The van der Waals surface area contributed by atoms with E-state index in [2.05, 4.69) is 5.32 Å². The lowest BCUT2D eigenvalue weighted by Gasteiger charge is -2.20. The average molecular weight is 342 g/mol. The Kier molecular flexibility index (Phi) is 6.52. The molecule has 1 aliphatic heterocycles. The maximum absolute atomic E-state index is 11.6. The number of hydrogen-bond donors (Lipinski definition) is 2. The molecular formula is C16H20ClNO5. The van der Waals surface area contributed by atoms with Gasteiger partial charge in [0.1, 0.15) is 13.2 Å². The zero-order chi connectivity index (χ0) is 16.7. The number of benzene rings is 1. The number of carbonyl (C=O) groups is 2. The van der Waals surface area contributed by atoms with Crippen molar-refractivity contribution >= 4 is 23.5 Å². The van der Waals surface area contributed by atoms with E-state index in [1.54, 1.807) is 0 Å². The Morgan fingerprint density at radius 1 is 1.17 bits per heavy atom. The predicted octanol–water partition coefficient (Wildman–Crippen LogP) is 2.41. The van der Waals surface area contributed by atoms with Gasteiger partial charge in [-0.1, -0.05) is 11.6 Å². The van der Waals surface area contributed by atoms with Crippen molar-refractivity contribution in [3.63, 3.8) is 0 Å². The molecule has 2 rings (SSSR count). The molecule has 0 bridgehead atoms. The molecule has 7 heteroatoms. The van der Waals surface area contributed by atoms with Gasteiger partial charge in [-0.2, -0.15) is 0 Å². The van der Waals surface area contributed by atoms with Gasteiger partial charge in [-0.05, 0) is 37.0 Å². The smallest absolute Gasteiger partial charge is 0.303 e. The lowest BCUT2D eigenvalue weighted by atomic mass is 10.1. The quantitative estimate of drug-likeness (QED) is 0.709. The zero-order valence-electron chi connectivity index (χ0n) is 12.8. The molecule has 1 aromatic carbocycles. The Balaban J connectivity index is 1.73. The molecule has 1 heterocycles. The molecule has 0 aliphatic carbocycles. The summed E-state index contributed by atoms with van der Waals surface area (Å²) >= 11 is 6.16. The number of nitrogens with one attached hydrogen (secondary N) is 1. The van der Waals surface area contributed by atoms with Crippen LogP contribution in [0.5, 0.6) is 11.5 Å². The van der Waals surface area contributed by atoms with Gasteiger partial charge in [-0.3, -0.25) is 9.59 Å². The van der Waals surface area contributed by atoms with Crippen molar-refractivity contribution in [3.05, 3.63) is 22.7 Å². The van der Waals surface area contributed by atoms with Crippen LogP contribution in [0.2, 0.25) is 5.02 Å². The van der Waals surface area contributed by atoms with Gasteiger partial charge in [0, 0.05) is 19.4 Å². The van der Waals surface area contributed by atoms with Crippen LogP contribution in [0, 0.1) is 0 Å². The SMILES string of the molecule is O=C(O)CCCCC(=O)NCCc1cc(Cl)c2c(c1)OCCO2. The number of unbranched alkanes of at least 4 members (excludes halogenated alkanes) is 1. The Labute approximate surface area is 139 Å². The number of carboxylic acids is 1. The number of rotatable bonds is 8. The minimum absolute atomic E-state index is 0.0703. The molecule has 0 radical (unpaired) electrons. The second kappa shape index (κ2) is 8.62.